The van der Waals surface area contributed by atoms with E-state index >= 15 is 0 Å². The molecule has 0 spiro atoms. The fraction of sp³-hybridized carbons (Fsp3) is 0.429. The normalized spacial score (nSPS) is 10.8. The van der Waals surface area contributed by atoms with Gasteiger partial charge in [-0.2, -0.15) is 0 Å². The van der Waals surface area contributed by atoms with Crippen LogP contribution in [0.25, 0.3) is 0 Å². The van der Waals surface area contributed by atoms with Crippen LogP contribution in [-0.4, -0.2) is 44.4 Å². The Bertz CT molecular complexity index is 743. The van der Waals surface area contributed by atoms with Crippen LogP contribution in [0.5, 0.6) is 11.6 Å². The SMILES string of the molecule is CCNC(=NCc1cccnc1OCC)Nc1cccc(OCCCOC)c1.I. The van der Waals surface area contributed by atoms with Crippen LogP contribution in [0.4, 0.5) is 5.69 Å². The van der Waals surface area contributed by atoms with Crippen molar-refractivity contribution in [1.82, 2.24) is 10.3 Å². The zero-order chi connectivity index (χ0) is 20.0. The molecule has 1 heterocycles. The van der Waals surface area contributed by atoms with Crippen molar-refractivity contribution in [2.75, 3.05) is 38.8 Å². The highest BCUT2D eigenvalue weighted by molar-refractivity contribution is 14.0. The second-order valence-electron chi connectivity index (χ2n) is 5.94. The van der Waals surface area contributed by atoms with Crippen LogP contribution in [0.3, 0.4) is 0 Å². The number of methoxy groups -OCH3 is 1. The predicted molar refractivity (Wildman–Crippen MR) is 128 cm³/mol. The van der Waals surface area contributed by atoms with Gasteiger partial charge in [-0.1, -0.05) is 12.1 Å². The number of anilines is 1. The molecular formula is C21H31IN4O3. The Morgan fingerprint density at radius 1 is 1.10 bits per heavy atom. The van der Waals surface area contributed by atoms with Gasteiger partial charge in [-0.05, 0) is 32.0 Å². The Morgan fingerprint density at radius 2 is 1.97 bits per heavy atom. The molecule has 0 saturated carbocycles. The maximum atomic E-state index is 5.76. The van der Waals surface area contributed by atoms with E-state index in [4.69, 9.17) is 14.2 Å². The summed E-state index contributed by atoms with van der Waals surface area (Å²) in [7, 11) is 1.69. The monoisotopic (exact) mass is 514 g/mol. The summed E-state index contributed by atoms with van der Waals surface area (Å²) in [6.45, 7) is 7.07. The summed E-state index contributed by atoms with van der Waals surface area (Å²) in [5.74, 6) is 2.12. The Kier molecular flexibility index (Phi) is 12.8. The maximum absolute atomic E-state index is 5.76. The Labute approximate surface area is 190 Å². The number of ether oxygens (including phenoxy) is 3. The number of nitrogens with one attached hydrogen (secondary N) is 2. The van der Waals surface area contributed by atoms with E-state index in [1.165, 1.54) is 0 Å². The van der Waals surface area contributed by atoms with Gasteiger partial charge in [-0.25, -0.2) is 9.98 Å². The van der Waals surface area contributed by atoms with Crippen LogP contribution in [0.1, 0.15) is 25.8 Å². The summed E-state index contributed by atoms with van der Waals surface area (Å²) in [6.07, 6.45) is 2.57. The van der Waals surface area contributed by atoms with Gasteiger partial charge >= 0.3 is 0 Å². The molecule has 2 rings (SSSR count). The molecular weight excluding hydrogens is 483 g/mol. The van der Waals surface area contributed by atoms with Crippen LogP contribution in [-0.2, 0) is 11.3 Å². The predicted octanol–water partition coefficient (Wildman–Crippen LogP) is 4.09. The van der Waals surface area contributed by atoms with Gasteiger partial charge in [0, 0.05) is 50.2 Å². The highest BCUT2D eigenvalue weighted by atomic mass is 127. The van der Waals surface area contributed by atoms with E-state index in [9.17, 15) is 0 Å². The molecule has 0 saturated heterocycles. The minimum Gasteiger partial charge on any atom is -0.493 e. The number of halogens is 1. The number of hydrogen-bond acceptors (Lipinski definition) is 5. The molecule has 0 aliphatic rings. The number of benzene rings is 1. The number of aliphatic imine (C=N–C) groups is 1. The average molecular weight is 514 g/mol. The Balaban J connectivity index is 0.00000420. The number of nitrogens with zero attached hydrogens (tertiary/aromatic N) is 2. The van der Waals surface area contributed by atoms with Crippen molar-refractivity contribution in [3.8, 4) is 11.6 Å². The molecule has 0 bridgehead atoms. The zero-order valence-corrected chi connectivity index (χ0v) is 19.6. The van der Waals surface area contributed by atoms with E-state index in [2.05, 4.69) is 20.6 Å². The van der Waals surface area contributed by atoms with Crippen molar-refractivity contribution in [3.63, 3.8) is 0 Å². The molecule has 8 heteroatoms. The standard InChI is InChI=1S/C21H30N4O3.HI/c1-4-22-21(24-16-17-9-7-12-23-20(17)27-5-2)25-18-10-6-11-19(15-18)28-14-8-13-26-3;/h6-7,9-12,15H,4-5,8,13-14,16H2,1-3H3,(H2,22,24,25);1H. The van der Waals surface area contributed by atoms with Crippen molar-refractivity contribution in [2.45, 2.75) is 26.8 Å². The van der Waals surface area contributed by atoms with Gasteiger partial charge in [-0.3, -0.25) is 0 Å². The van der Waals surface area contributed by atoms with Gasteiger partial charge in [0.15, 0.2) is 5.96 Å². The molecule has 0 unspecified atom stereocenters. The number of hydrogen-bond donors (Lipinski definition) is 2. The molecule has 1 aromatic carbocycles. The van der Waals surface area contributed by atoms with E-state index < -0.39 is 0 Å². The minimum atomic E-state index is 0. The van der Waals surface area contributed by atoms with Gasteiger partial charge in [0.25, 0.3) is 0 Å². The van der Waals surface area contributed by atoms with Crippen molar-refractivity contribution in [2.24, 2.45) is 4.99 Å². The van der Waals surface area contributed by atoms with Crippen LogP contribution in [0.15, 0.2) is 47.6 Å². The second kappa shape index (κ2) is 14.9. The second-order valence-corrected chi connectivity index (χ2v) is 5.94. The number of aromatic nitrogens is 1. The summed E-state index contributed by atoms with van der Waals surface area (Å²) in [6, 6.07) is 11.7. The zero-order valence-electron chi connectivity index (χ0n) is 17.3. The van der Waals surface area contributed by atoms with Gasteiger partial charge in [0.05, 0.1) is 19.8 Å². The minimum absolute atomic E-state index is 0. The quantitative estimate of drug-likeness (QED) is 0.204. The third-order valence-electron chi connectivity index (χ3n) is 3.74. The van der Waals surface area contributed by atoms with Crippen LogP contribution < -0.4 is 20.1 Å². The molecule has 1 aromatic heterocycles. The summed E-state index contributed by atoms with van der Waals surface area (Å²) in [5.41, 5.74) is 1.84. The van der Waals surface area contributed by atoms with Gasteiger partial charge in [0.2, 0.25) is 5.88 Å². The molecule has 0 aliphatic heterocycles. The summed E-state index contributed by atoms with van der Waals surface area (Å²) in [5, 5.41) is 6.57. The lowest BCUT2D eigenvalue weighted by molar-refractivity contribution is 0.172. The lowest BCUT2D eigenvalue weighted by atomic mass is 10.3. The fourth-order valence-corrected chi connectivity index (χ4v) is 2.48. The number of guanidine groups is 1. The molecule has 29 heavy (non-hydrogen) atoms. The van der Waals surface area contributed by atoms with Gasteiger partial charge < -0.3 is 24.8 Å². The van der Waals surface area contributed by atoms with Crippen LogP contribution in [0.2, 0.25) is 0 Å². The third-order valence-corrected chi connectivity index (χ3v) is 3.74. The lowest BCUT2D eigenvalue weighted by Crippen LogP contribution is -2.30. The smallest absolute Gasteiger partial charge is 0.218 e. The fourth-order valence-electron chi connectivity index (χ4n) is 2.48. The van der Waals surface area contributed by atoms with Crippen LogP contribution >= 0.6 is 24.0 Å². The first-order chi connectivity index (χ1) is 13.8. The van der Waals surface area contributed by atoms with Crippen molar-refractivity contribution < 1.29 is 14.2 Å². The topological polar surface area (TPSA) is 77.0 Å². The van der Waals surface area contributed by atoms with Crippen LogP contribution in [0, 0.1) is 0 Å². The number of rotatable bonds is 11. The molecule has 0 atom stereocenters. The molecule has 7 nitrogen and oxygen atoms in total. The first-order valence-electron chi connectivity index (χ1n) is 9.60. The van der Waals surface area contributed by atoms with Crippen molar-refractivity contribution >= 4 is 35.6 Å². The van der Waals surface area contributed by atoms with E-state index in [1.807, 2.05) is 50.2 Å². The van der Waals surface area contributed by atoms with Crippen molar-refractivity contribution in [1.29, 1.82) is 0 Å². The van der Waals surface area contributed by atoms with Crippen molar-refractivity contribution in [3.05, 3.63) is 48.2 Å². The van der Waals surface area contributed by atoms with E-state index in [0.717, 1.165) is 30.0 Å². The largest absolute Gasteiger partial charge is 0.493 e. The molecule has 2 N–H and O–H groups in total. The highest BCUT2D eigenvalue weighted by Crippen LogP contribution is 2.18. The first kappa shape index (κ1) is 25.0. The lowest BCUT2D eigenvalue weighted by Gasteiger charge is -2.13. The molecule has 0 fully saturated rings. The molecule has 0 amide bonds. The van der Waals surface area contributed by atoms with E-state index in [-0.39, 0.29) is 24.0 Å². The van der Waals surface area contributed by atoms with E-state index in [0.29, 0.717) is 38.2 Å². The Morgan fingerprint density at radius 3 is 2.72 bits per heavy atom. The van der Waals surface area contributed by atoms with Gasteiger partial charge in [-0.15, -0.1) is 24.0 Å². The highest BCUT2D eigenvalue weighted by Gasteiger charge is 2.05. The van der Waals surface area contributed by atoms with E-state index in [1.54, 1.807) is 13.3 Å². The molecule has 0 aliphatic carbocycles. The molecule has 2 aromatic rings. The maximum Gasteiger partial charge on any atom is 0.218 e. The summed E-state index contributed by atoms with van der Waals surface area (Å²) >= 11 is 0. The Hall–Kier alpha value is -2.07. The van der Waals surface area contributed by atoms with Gasteiger partial charge in [0.1, 0.15) is 5.75 Å². The molecule has 160 valence electrons. The first-order valence-corrected chi connectivity index (χ1v) is 9.60. The number of pyridine rings is 1. The molecule has 0 radical (unpaired) electrons. The average Bonchev–Trinajstić information content (AvgIpc) is 2.71. The third kappa shape index (κ3) is 9.31. The summed E-state index contributed by atoms with van der Waals surface area (Å²) in [4.78, 5) is 8.93. The summed E-state index contributed by atoms with van der Waals surface area (Å²) < 4.78 is 16.4.